The molecule has 0 radical (unpaired) electrons. The fraction of sp³-hybridized carbons (Fsp3) is 0.133. The molecule has 0 saturated carbocycles. The molecule has 124 valence electrons. The van der Waals surface area contributed by atoms with Crippen LogP contribution in [-0.4, -0.2) is 25.5 Å². The number of carbonyl (C=O) groups is 1. The first kappa shape index (κ1) is 17.2. The summed E-state index contributed by atoms with van der Waals surface area (Å²) in [6, 6.07) is 5.42. The number of benzene rings is 1. The van der Waals surface area contributed by atoms with Crippen LogP contribution in [0.1, 0.15) is 16.1 Å². The van der Waals surface area contributed by atoms with E-state index in [1.165, 1.54) is 0 Å². The standard InChI is InChI=1S/C15H12Cl2IN5O/c1-22-8-13(18)14(21-22)15(24)20-10-5-19-23(7-10)6-9-2-3-11(16)12(17)4-9/h2-5,7-8H,6H2,1H3,(H,20,24). The Labute approximate surface area is 161 Å². The van der Waals surface area contributed by atoms with Crippen LogP contribution in [0.15, 0.2) is 36.8 Å². The lowest BCUT2D eigenvalue weighted by Crippen LogP contribution is -2.13. The first-order chi connectivity index (χ1) is 11.4. The molecule has 0 atom stereocenters. The summed E-state index contributed by atoms with van der Waals surface area (Å²) in [6.45, 7) is 0.522. The van der Waals surface area contributed by atoms with Crippen molar-refractivity contribution in [1.82, 2.24) is 19.6 Å². The first-order valence-corrected chi connectivity index (χ1v) is 8.73. The molecule has 24 heavy (non-hydrogen) atoms. The lowest BCUT2D eigenvalue weighted by atomic mass is 10.2. The summed E-state index contributed by atoms with van der Waals surface area (Å²) in [5.74, 6) is -0.269. The number of rotatable bonds is 4. The van der Waals surface area contributed by atoms with Crippen molar-refractivity contribution < 1.29 is 4.79 Å². The van der Waals surface area contributed by atoms with Gasteiger partial charge in [-0.2, -0.15) is 10.2 Å². The fourth-order valence-electron chi connectivity index (χ4n) is 2.14. The van der Waals surface area contributed by atoms with E-state index in [0.29, 0.717) is 28.0 Å². The zero-order valence-electron chi connectivity index (χ0n) is 12.5. The fourth-order valence-corrected chi connectivity index (χ4v) is 3.22. The zero-order chi connectivity index (χ0) is 17.3. The summed E-state index contributed by atoms with van der Waals surface area (Å²) in [4.78, 5) is 12.2. The third-order valence-corrected chi connectivity index (χ3v) is 4.75. The number of nitrogens with zero attached hydrogens (tertiary/aromatic N) is 4. The van der Waals surface area contributed by atoms with E-state index in [2.05, 4.69) is 38.1 Å². The highest BCUT2D eigenvalue weighted by molar-refractivity contribution is 14.1. The van der Waals surface area contributed by atoms with Crippen molar-refractivity contribution in [2.24, 2.45) is 7.05 Å². The van der Waals surface area contributed by atoms with Crippen molar-refractivity contribution in [2.45, 2.75) is 6.54 Å². The predicted molar refractivity (Wildman–Crippen MR) is 102 cm³/mol. The maximum atomic E-state index is 12.2. The summed E-state index contributed by atoms with van der Waals surface area (Å²) in [7, 11) is 1.77. The lowest BCUT2D eigenvalue weighted by Gasteiger charge is -2.03. The summed E-state index contributed by atoms with van der Waals surface area (Å²) in [6.07, 6.45) is 5.12. The van der Waals surface area contributed by atoms with E-state index in [1.807, 2.05) is 6.07 Å². The van der Waals surface area contributed by atoms with Gasteiger partial charge in [0.1, 0.15) is 0 Å². The molecule has 3 rings (SSSR count). The Hall–Kier alpha value is -1.58. The van der Waals surface area contributed by atoms with Gasteiger partial charge < -0.3 is 5.32 Å². The normalized spacial score (nSPS) is 10.8. The van der Waals surface area contributed by atoms with Crippen LogP contribution in [0.5, 0.6) is 0 Å². The van der Waals surface area contributed by atoms with Gasteiger partial charge in [0.05, 0.1) is 32.0 Å². The number of aryl methyl sites for hydroxylation is 1. The number of amides is 1. The van der Waals surface area contributed by atoms with Crippen LogP contribution in [0, 0.1) is 3.57 Å². The molecule has 0 aliphatic rings. The Bertz CT molecular complexity index is 905. The molecule has 1 amide bonds. The van der Waals surface area contributed by atoms with E-state index in [9.17, 15) is 4.79 Å². The van der Waals surface area contributed by atoms with Crippen LogP contribution in [0.4, 0.5) is 5.69 Å². The van der Waals surface area contributed by atoms with Gasteiger partial charge in [0.15, 0.2) is 5.69 Å². The van der Waals surface area contributed by atoms with Crippen LogP contribution in [0.3, 0.4) is 0 Å². The molecule has 3 aromatic rings. The quantitative estimate of drug-likeness (QED) is 0.583. The van der Waals surface area contributed by atoms with Gasteiger partial charge in [-0.1, -0.05) is 29.3 Å². The Balaban J connectivity index is 1.70. The number of aromatic nitrogens is 4. The number of halogens is 3. The van der Waals surface area contributed by atoms with Gasteiger partial charge in [-0.05, 0) is 40.3 Å². The third kappa shape index (κ3) is 3.90. The second-order valence-corrected chi connectivity index (χ2v) is 7.11. The van der Waals surface area contributed by atoms with Crippen molar-refractivity contribution in [2.75, 3.05) is 5.32 Å². The molecule has 6 nitrogen and oxygen atoms in total. The molecule has 0 unspecified atom stereocenters. The van der Waals surface area contributed by atoms with Crippen molar-refractivity contribution in [3.63, 3.8) is 0 Å². The number of hydrogen-bond donors (Lipinski definition) is 1. The van der Waals surface area contributed by atoms with Crippen LogP contribution in [-0.2, 0) is 13.6 Å². The van der Waals surface area contributed by atoms with Gasteiger partial charge in [0.25, 0.3) is 5.91 Å². The molecule has 1 aromatic carbocycles. The highest BCUT2D eigenvalue weighted by atomic mass is 127. The molecule has 0 saturated heterocycles. The maximum Gasteiger partial charge on any atom is 0.277 e. The van der Waals surface area contributed by atoms with Crippen molar-refractivity contribution in [3.05, 3.63) is 61.7 Å². The monoisotopic (exact) mass is 475 g/mol. The maximum absolute atomic E-state index is 12.2. The summed E-state index contributed by atoms with van der Waals surface area (Å²) in [5, 5.41) is 12.2. The van der Waals surface area contributed by atoms with Crippen LogP contribution >= 0.6 is 45.8 Å². The van der Waals surface area contributed by atoms with Gasteiger partial charge >= 0.3 is 0 Å². The molecule has 0 spiro atoms. The average Bonchev–Trinajstić information content (AvgIpc) is 3.09. The van der Waals surface area contributed by atoms with Crippen molar-refractivity contribution in [3.8, 4) is 0 Å². The molecule has 0 fully saturated rings. The zero-order valence-corrected chi connectivity index (χ0v) is 16.2. The summed E-state index contributed by atoms with van der Waals surface area (Å²) in [5.41, 5.74) is 1.95. The predicted octanol–water partition coefficient (Wildman–Crippen LogP) is 3.83. The minimum Gasteiger partial charge on any atom is -0.318 e. The van der Waals surface area contributed by atoms with Crippen molar-refractivity contribution >= 4 is 57.4 Å². The highest BCUT2D eigenvalue weighted by Crippen LogP contribution is 2.23. The first-order valence-electron chi connectivity index (χ1n) is 6.89. The second kappa shape index (κ2) is 7.12. The van der Waals surface area contributed by atoms with Gasteiger partial charge in [-0.3, -0.25) is 14.2 Å². The molecule has 2 heterocycles. The number of carbonyl (C=O) groups excluding carboxylic acids is 1. The Morgan fingerprint density at radius 2 is 2.08 bits per heavy atom. The van der Waals surface area contributed by atoms with E-state index < -0.39 is 0 Å². The smallest absolute Gasteiger partial charge is 0.277 e. The lowest BCUT2D eigenvalue weighted by molar-refractivity contribution is 0.102. The molecule has 0 bridgehead atoms. The molecule has 1 N–H and O–H groups in total. The molecule has 2 aromatic heterocycles. The Morgan fingerprint density at radius 1 is 1.29 bits per heavy atom. The van der Waals surface area contributed by atoms with E-state index in [4.69, 9.17) is 23.2 Å². The topological polar surface area (TPSA) is 64.7 Å². The van der Waals surface area contributed by atoms with Gasteiger partial charge in [-0.15, -0.1) is 0 Å². The average molecular weight is 476 g/mol. The highest BCUT2D eigenvalue weighted by Gasteiger charge is 2.15. The molecule has 0 aliphatic carbocycles. The molecular formula is C15H12Cl2IN5O. The van der Waals surface area contributed by atoms with E-state index in [0.717, 1.165) is 9.13 Å². The Kier molecular flexibility index (Phi) is 5.12. The SMILES string of the molecule is Cn1cc(I)c(C(=O)Nc2cnn(Cc3ccc(Cl)c(Cl)c3)c2)n1. The van der Waals surface area contributed by atoms with Gasteiger partial charge in [0.2, 0.25) is 0 Å². The van der Waals surface area contributed by atoms with Crippen LogP contribution in [0.25, 0.3) is 0 Å². The summed E-state index contributed by atoms with van der Waals surface area (Å²) >= 11 is 14.0. The third-order valence-electron chi connectivity index (χ3n) is 3.22. The number of hydrogen-bond acceptors (Lipinski definition) is 3. The molecule has 0 aliphatic heterocycles. The van der Waals surface area contributed by atoms with Crippen LogP contribution in [0.2, 0.25) is 10.0 Å². The molecular weight excluding hydrogens is 464 g/mol. The van der Waals surface area contributed by atoms with E-state index in [1.54, 1.807) is 47.1 Å². The summed E-state index contributed by atoms with van der Waals surface area (Å²) < 4.78 is 4.10. The second-order valence-electron chi connectivity index (χ2n) is 5.13. The Morgan fingerprint density at radius 3 is 2.75 bits per heavy atom. The number of anilines is 1. The molecule has 9 heteroatoms. The largest absolute Gasteiger partial charge is 0.318 e. The van der Waals surface area contributed by atoms with Crippen LogP contribution < -0.4 is 5.32 Å². The van der Waals surface area contributed by atoms with E-state index >= 15 is 0 Å². The van der Waals surface area contributed by atoms with Crippen molar-refractivity contribution in [1.29, 1.82) is 0 Å². The van der Waals surface area contributed by atoms with Gasteiger partial charge in [0, 0.05) is 19.4 Å². The van der Waals surface area contributed by atoms with Gasteiger partial charge in [-0.25, -0.2) is 0 Å². The minimum atomic E-state index is -0.269. The number of nitrogens with one attached hydrogen (secondary N) is 1. The van der Waals surface area contributed by atoms with E-state index in [-0.39, 0.29) is 5.91 Å². The minimum absolute atomic E-state index is 0.269.